The molecular weight excluding hydrogens is 398 g/mol. The summed E-state index contributed by atoms with van der Waals surface area (Å²) in [5, 5.41) is 32.4. The van der Waals surface area contributed by atoms with Gasteiger partial charge in [0, 0.05) is 17.8 Å². The van der Waals surface area contributed by atoms with Crippen LogP contribution < -0.4 is 5.32 Å². The molecule has 2 N–H and O–H groups in total. The predicted octanol–water partition coefficient (Wildman–Crippen LogP) is 4.61. The summed E-state index contributed by atoms with van der Waals surface area (Å²) in [6.07, 6.45) is 1.48. The number of nitrogens with one attached hydrogen (secondary N) is 1. The summed E-state index contributed by atoms with van der Waals surface area (Å²) in [6, 6.07) is 20.2. The Balaban J connectivity index is 1.98. The molecule has 0 atom stereocenters. The Hall–Kier alpha value is -4.77. The molecule has 0 unspecified atom stereocenters. The number of rotatable bonds is 6. The number of nitriles is 1. The fraction of sp³-hybridized carbons (Fsp3) is 0. The van der Waals surface area contributed by atoms with Gasteiger partial charge in [0.1, 0.15) is 0 Å². The third-order valence-electron chi connectivity index (χ3n) is 4.37. The first-order valence-electron chi connectivity index (χ1n) is 8.99. The molecule has 0 aromatic heterocycles. The Bertz CT molecular complexity index is 1230. The van der Waals surface area contributed by atoms with E-state index in [2.05, 4.69) is 5.32 Å². The number of hydrogen-bond donors (Lipinski definition) is 2. The summed E-state index contributed by atoms with van der Waals surface area (Å²) >= 11 is 0. The summed E-state index contributed by atoms with van der Waals surface area (Å²) in [6.45, 7) is 0. The molecule has 1 amide bonds. The number of nitrogens with zero attached hydrogens (tertiary/aromatic N) is 2. The van der Waals surface area contributed by atoms with Gasteiger partial charge in [-0.1, -0.05) is 24.3 Å². The number of carbonyl (C=O) groups excluding carboxylic acids is 1. The maximum atomic E-state index is 12.7. The van der Waals surface area contributed by atoms with Crippen molar-refractivity contribution in [1.29, 1.82) is 5.26 Å². The van der Waals surface area contributed by atoms with Crippen LogP contribution in [0.4, 0.5) is 11.4 Å². The lowest BCUT2D eigenvalue weighted by molar-refractivity contribution is -0.384. The second kappa shape index (κ2) is 9.15. The first-order chi connectivity index (χ1) is 14.9. The second-order valence-electron chi connectivity index (χ2n) is 6.40. The van der Waals surface area contributed by atoms with Gasteiger partial charge >= 0.3 is 5.97 Å². The number of non-ortho nitro benzene ring substituents is 1. The zero-order chi connectivity index (χ0) is 22.4. The quantitative estimate of drug-likeness (QED) is 0.262. The summed E-state index contributed by atoms with van der Waals surface area (Å²) in [5.41, 5.74) is 1.24. The van der Waals surface area contributed by atoms with E-state index in [1.165, 1.54) is 48.5 Å². The molecule has 0 saturated heterocycles. The third kappa shape index (κ3) is 4.99. The van der Waals surface area contributed by atoms with Crippen LogP contribution in [-0.4, -0.2) is 21.9 Å². The maximum Gasteiger partial charge on any atom is 0.336 e. The Morgan fingerprint density at radius 2 is 1.68 bits per heavy atom. The van der Waals surface area contributed by atoms with E-state index in [0.717, 1.165) is 0 Å². The van der Waals surface area contributed by atoms with E-state index >= 15 is 0 Å². The van der Waals surface area contributed by atoms with Crippen molar-refractivity contribution in [2.75, 3.05) is 5.32 Å². The van der Waals surface area contributed by atoms with Gasteiger partial charge in [0.05, 0.1) is 27.7 Å². The molecule has 0 bridgehead atoms. The molecule has 0 aliphatic heterocycles. The van der Waals surface area contributed by atoms with Gasteiger partial charge in [-0.2, -0.15) is 5.26 Å². The number of carboxylic acid groups (broad SMARTS) is 1. The van der Waals surface area contributed by atoms with E-state index in [0.29, 0.717) is 16.8 Å². The summed E-state index contributed by atoms with van der Waals surface area (Å²) in [4.78, 5) is 34.5. The molecule has 0 saturated carbocycles. The number of benzene rings is 3. The molecule has 0 aliphatic rings. The largest absolute Gasteiger partial charge is 0.478 e. The SMILES string of the molecule is N#CC(=Cc1ccc(C(=O)O)c(C(=O)Nc2ccccc2)c1)c1ccc([N+](=O)[O-])cc1. The molecular formula is C23H15N3O5. The first-order valence-corrected chi connectivity index (χ1v) is 8.99. The van der Waals surface area contributed by atoms with Gasteiger partial charge in [-0.3, -0.25) is 14.9 Å². The standard InChI is InChI=1S/C23H15N3O5/c24-14-17(16-7-9-19(10-8-16)26(30)31)12-15-6-11-20(23(28)29)21(13-15)22(27)25-18-4-2-1-3-5-18/h1-13H,(H,25,27)(H,28,29). The summed E-state index contributed by atoms with van der Waals surface area (Å²) in [5.74, 6) is -1.86. The lowest BCUT2D eigenvalue weighted by atomic mass is 9.99. The number of allylic oxidation sites excluding steroid dienone is 1. The van der Waals surface area contributed by atoms with Crippen LogP contribution in [0.3, 0.4) is 0 Å². The van der Waals surface area contributed by atoms with Gasteiger partial charge < -0.3 is 10.4 Å². The predicted molar refractivity (Wildman–Crippen MR) is 114 cm³/mol. The van der Waals surface area contributed by atoms with Crippen molar-refractivity contribution in [3.63, 3.8) is 0 Å². The van der Waals surface area contributed by atoms with Crippen molar-refractivity contribution in [1.82, 2.24) is 0 Å². The number of nitro groups is 1. The topological polar surface area (TPSA) is 133 Å². The van der Waals surface area contributed by atoms with Crippen LogP contribution in [0.25, 0.3) is 11.6 Å². The van der Waals surface area contributed by atoms with Gasteiger partial charge in [-0.05, 0) is 53.6 Å². The molecule has 3 rings (SSSR count). The Labute approximate surface area is 176 Å². The molecule has 3 aromatic carbocycles. The molecule has 0 fully saturated rings. The van der Waals surface area contributed by atoms with Crippen LogP contribution in [0.1, 0.15) is 31.8 Å². The van der Waals surface area contributed by atoms with Gasteiger partial charge in [-0.15, -0.1) is 0 Å². The van der Waals surface area contributed by atoms with Crippen molar-refractivity contribution < 1.29 is 19.6 Å². The van der Waals surface area contributed by atoms with Crippen molar-refractivity contribution in [3.05, 3.63) is 105 Å². The smallest absolute Gasteiger partial charge is 0.336 e. The average molecular weight is 413 g/mol. The number of aromatic carboxylic acids is 1. The first kappa shape index (κ1) is 21.0. The van der Waals surface area contributed by atoms with Gasteiger partial charge in [0.2, 0.25) is 0 Å². The summed E-state index contributed by atoms with van der Waals surface area (Å²) < 4.78 is 0. The zero-order valence-electron chi connectivity index (χ0n) is 16.0. The van der Waals surface area contributed by atoms with Crippen LogP contribution in [0.15, 0.2) is 72.8 Å². The highest BCUT2D eigenvalue weighted by Gasteiger charge is 2.17. The van der Waals surface area contributed by atoms with Gasteiger partial charge in [0.15, 0.2) is 0 Å². The van der Waals surface area contributed by atoms with Crippen LogP contribution >= 0.6 is 0 Å². The Kier molecular flexibility index (Phi) is 6.19. The van der Waals surface area contributed by atoms with Crippen LogP contribution in [0, 0.1) is 21.4 Å². The van der Waals surface area contributed by atoms with Crippen LogP contribution in [-0.2, 0) is 0 Å². The zero-order valence-corrected chi connectivity index (χ0v) is 16.0. The number of hydrogen-bond acceptors (Lipinski definition) is 5. The maximum absolute atomic E-state index is 12.7. The third-order valence-corrected chi connectivity index (χ3v) is 4.37. The second-order valence-corrected chi connectivity index (χ2v) is 6.40. The van der Waals surface area contributed by atoms with Crippen molar-refractivity contribution in [3.8, 4) is 6.07 Å². The lowest BCUT2D eigenvalue weighted by Crippen LogP contribution is -2.16. The Morgan fingerprint density at radius 1 is 1.00 bits per heavy atom. The van der Waals surface area contributed by atoms with E-state index in [1.807, 2.05) is 6.07 Å². The molecule has 0 heterocycles. The molecule has 8 nitrogen and oxygen atoms in total. The molecule has 152 valence electrons. The van der Waals surface area contributed by atoms with E-state index in [-0.39, 0.29) is 22.4 Å². The molecule has 0 spiro atoms. The fourth-order valence-corrected chi connectivity index (χ4v) is 2.86. The minimum absolute atomic E-state index is 0.0638. The monoisotopic (exact) mass is 413 g/mol. The number of amides is 1. The highest BCUT2D eigenvalue weighted by atomic mass is 16.6. The normalized spacial score (nSPS) is 10.7. The van der Waals surface area contributed by atoms with Crippen LogP contribution in [0.2, 0.25) is 0 Å². The number of carboxylic acids is 1. The van der Waals surface area contributed by atoms with Gasteiger partial charge in [-0.25, -0.2) is 4.79 Å². The van der Waals surface area contributed by atoms with Crippen molar-refractivity contribution >= 4 is 34.9 Å². The molecule has 3 aromatic rings. The number of para-hydroxylation sites is 1. The van der Waals surface area contributed by atoms with E-state index in [1.54, 1.807) is 30.3 Å². The molecule has 0 aliphatic carbocycles. The molecule has 31 heavy (non-hydrogen) atoms. The van der Waals surface area contributed by atoms with Crippen molar-refractivity contribution in [2.24, 2.45) is 0 Å². The highest BCUT2D eigenvalue weighted by Crippen LogP contribution is 2.23. The highest BCUT2D eigenvalue weighted by molar-refractivity contribution is 6.11. The van der Waals surface area contributed by atoms with E-state index in [9.17, 15) is 30.1 Å². The average Bonchev–Trinajstić information content (AvgIpc) is 2.78. The van der Waals surface area contributed by atoms with E-state index in [4.69, 9.17) is 0 Å². The molecule has 8 heteroatoms. The van der Waals surface area contributed by atoms with E-state index < -0.39 is 16.8 Å². The Morgan fingerprint density at radius 3 is 2.26 bits per heavy atom. The van der Waals surface area contributed by atoms with Gasteiger partial charge in [0.25, 0.3) is 11.6 Å². The number of anilines is 1. The fourth-order valence-electron chi connectivity index (χ4n) is 2.86. The number of carbonyl (C=O) groups is 2. The molecule has 0 radical (unpaired) electrons. The summed E-state index contributed by atoms with van der Waals surface area (Å²) in [7, 11) is 0. The number of nitro benzene ring substituents is 1. The van der Waals surface area contributed by atoms with Crippen molar-refractivity contribution in [2.45, 2.75) is 0 Å². The van der Waals surface area contributed by atoms with Crippen LogP contribution in [0.5, 0.6) is 0 Å². The minimum Gasteiger partial charge on any atom is -0.478 e. The lowest BCUT2D eigenvalue weighted by Gasteiger charge is -2.09. The minimum atomic E-state index is -1.26.